The first-order valence-electron chi connectivity index (χ1n) is 7.50. The summed E-state index contributed by atoms with van der Waals surface area (Å²) in [5, 5.41) is 1.41. The molecule has 0 radical (unpaired) electrons. The molecule has 3 rings (SSSR count). The molecule has 5 atom stereocenters. The molecule has 0 aromatic rings. The monoisotopic (exact) mass is 253 g/mol. The summed E-state index contributed by atoms with van der Waals surface area (Å²) in [5.41, 5.74) is 0. The van der Waals surface area contributed by atoms with Crippen LogP contribution in [0.1, 0.15) is 58.3 Å². The number of rotatable bonds is 3. The van der Waals surface area contributed by atoms with Crippen molar-refractivity contribution in [1.29, 1.82) is 0 Å². The van der Waals surface area contributed by atoms with E-state index >= 15 is 0 Å². The summed E-state index contributed by atoms with van der Waals surface area (Å²) in [6, 6.07) is 0. The lowest BCUT2D eigenvalue weighted by Crippen LogP contribution is -2.42. The van der Waals surface area contributed by atoms with Crippen molar-refractivity contribution in [3.63, 3.8) is 0 Å². The first kappa shape index (κ1) is 12.1. The SMILES string of the molecule is CC[S+](C1CCCCC1=O)C1CC2CCC1C2. The van der Waals surface area contributed by atoms with Crippen LogP contribution in [-0.4, -0.2) is 22.0 Å². The molecule has 5 unspecified atom stereocenters. The van der Waals surface area contributed by atoms with Gasteiger partial charge in [0.05, 0.1) is 0 Å². The van der Waals surface area contributed by atoms with Crippen molar-refractivity contribution in [2.45, 2.75) is 68.8 Å². The maximum Gasteiger partial charge on any atom is 0.184 e. The van der Waals surface area contributed by atoms with Crippen LogP contribution in [0.3, 0.4) is 0 Å². The van der Waals surface area contributed by atoms with E-state index in [1.54, 1.807) is 0 Å². The molecule has 0 aromatic carbocycles. The Morgan fingerprint density at radius 3 is 2.65 bits per heavy atom. The number of carbonyl (C=O) groups is 1. The Hall–Kier alpha value is 0.0200. The van der Waals surface area contributed by atoms with Crippen LogP contribution in [0.25, 0.3) is 0 Å². The summed E-state index contributed by atoms with van der Waals surface area (Å²) in [6.45, 7) is 2.33. The van der Waals surface area contributed by atoms with E-state index in [0.29, 0.717) is 21.9 Å². The maximum atomic E-state index is 12.2. The van der Waals surface area contributed by atoms with E-state index in [4.69, 9.17) is 0 Å². The normalized spacial score (nSPS) is 43.0. The summed E-state index contributed by atoms with van der Waals surface area (Å²) in [7, 11) is 0.428. The second-order valence-electron chi connectivity index (χ2n) is 6.17. The molecule has 3 aliphatic carbocycles. The van der Waals surface area contributed by atoms with Gasteiger partial charge in [-0.1, -0.05) is 0 Å². The van der Waals surface area contributed by atoms with Crippen LogP contribution in [0.4, 0.5) is 0 Å². The van der Waals surface area contributed by atoms with Gasteiger partial charge in [-0.05, 0) is 51.4 Å². The number of hydrogen-bond acceptors (Lipinski definition) is 1. The van der Waals surface area contributed by atoms with Crippen LogP contribution >= 0.6 is 0 Å². The summed E-state index contributed by atoms with van der Waals surface area (Å²) in [6.07, 6.45) is 10.5. The molecule has 0 amide bonds. The van der Waals surface area contributed by atoms with Crippen molar-refractivity contribution in [2.24, 2.45) is 11.8 Å². The highest BCUT2D eigenvalue weighted by atomic mass is 32.2. The third-order valence-electron chi connectivity index (χ3n) is 5.26. The molecule has 2 bridgehead atoms. The molecule has 2 heteroatoms. The summed E-state index contributed by atoms with van der Waals surface area (Å²) in [4.78, 5) is 12.2. The van der Waals surface area contributed by atoms with Crippen molar-refractivity contribution in [2.75, 3.05) is 5.75 Å². The molecule has 96 valence electrons. The molecule has 3 saturated carbocycles. The van der Waals surface area contributed by atoms with Crippen molar-refractivity contribution in [3.05, 3.63) is 0 Å². The minimum absolute atomic E-state index is 0.428. The lowest BCUT2D eigenvalue weighted by atomic mass is 9.99. The Balaban J connectivity index is 1.72. The van der Waals surface area contributed by atoms with Gasteiger partial charge in [0, 0.05) is 29.7 Å². The van der Waals surface area contributed by atoms with Crippen molar-refractivity contribution >= 4 is 16.7 Å². The summed E-state index contributed by atoms with van der Waals surface area (Å²) in [5.74, 6) is 3.91. The van der Waals surface area contributed by atoms with Crippen molar-refractivity contribution < 1.29 is 4.79 Å². The highest BCUT2D eigenvalue weighted by Crippen LogP contribution is 2.49. The third kappa shape index (κ3) is 2.18. The van der Waals surface area contributed by atoms with Crippen molar-refractivity contribution in [1.82, 2.24) is 0 Å². The first-order chi connectivity index (χ1) is 8.29. The number of hydrogen-bond donors (Lipinski definition) is 0. The van der Waals surface area contributed by atoms with E-state index in [2.05, 4.69) is 6.92 Å². The quantitative estimate of drug-likeness (QED) is 0.705. The Bertz CT molecular complexity index is 301. The molecule has 17 heavy (non-hydrogen) atoms. The molecule has 0 heterocycles. The van der Waals surface area contributed by atoms with Gasteiger partial charge in [-0.2, -0.15) is 0 Å². The van der Waals surface area contributed by atoms with Gasteiger partial charge in [0.2, 0.25) is 0 Å². The minimum Gasteiger partial charge on any atom is -0.294 e. The fraction of sp³-hybridized carbons (Fsp3) is 0.933. The van der Waals surface area contributed by atoms with E-state index in [9.17, 15) is 4.79 Å². The van der Waals surface area contributed by atoms with Crippen molar-refractivity contribution in [3.8, 4) is 0 Å². The molecule has 3 aliphatic rings. The Morgan fingerprint density at radius 1 is 1.18 bits per heavy atom. The van der Waals surface area contributed by atoms with Crippen LogP contribution in [0, 0.1) is 11.8 Å². The van der Waals surface area contributed by atoms with E-state index in [0.717, 1.165) is 29.9 Å². The van der Waals surface area contributed by atoms with Gasteiger partial charge >= 0.3 is 0 Å². The molecule has 0 aromatic heterocycles. The number of fused-ring (bicyclic) bond motifs is 2. The van der Waals surface area contributed by atoms with Gasteiger partial charge in [0.25, 0.3) is 0 Å². The lowest BCUT2D eigenvalue weighted by Gasteiger charge is -2.29. The smallest absolute Gasteiger partial charge is 0.184 e. The lowest BCUT2D eigenvalue weighted by molar-refractivity contribution is -0.119. The van der Waals surface area contributed by atoms with E-state index in [-0.39, 0.29) is 0 Å². The van der Waals surface area contributed by atoms with Gasteiger partial charge in [0.1, 0.15) is 11.0 Å². The van der Waals surface area contributed by atoms with E-state index < -0.39 is 0 Å². The summed E-state index contributed by atoms with van der Waals surface area (Å²) < 4.78 is 0. The molecule has 0 saturated heterocycles. The fourth-order valence-corrected chi connectivity index (χ4v) is 7.89. The van der Waals surface area contributed by atoms with Crippen LogP contribution in [0.2, 0.25) is 0 Å². The Labute approximate surface area is 108 Å². The van der Waals surface area contributed by atoms with E-state index in [1.165, 1.54) is 44.3 Å². The second-order valence-corrected chi connectivity index (χ2v) is 8.86. The second kappa shape index (κ2) is 4.95. The zero-order valence-electron chi connectivity index (χ0n) is 11.0. The molecule has 0 N–H and O–H groups in total. The summed E-state index contributed by atoms with van der Waals surface area (Å²) >= 11 is 0. The van der Waals surface area contributed by atoms with Gasteiger partial charge in [-0.25, -0.2) is 0 Å². The molecule has 0 aliphatic heterocycles. The number of Topliss-reactive ketones (excluding diaryl/α,β-unsaturated/α-hetero) is 1. The van der Waals surface area contributed by atoms with Gasteiger partial charge in [-0.3, -0.25) is 4.79 Å². The van der Waals surface area contributed by atoms with Crippen LogP contribution in [-0.2, 0) is 15.7 Å². The molecule has 0 spiro atoms. The fourth-order valence-electron chi connectivity index (χ4n) is 4.45. The number of carbonyl (C=O) groups excluding carboxylic acids is 1. The van der Waals surface area contributed by atoms with Gasteiger partial charge in [0.15, 0.2) is 11.0 Å². The zero-order valence-corrected chi connectivity index (χ0v) is 11.8. The average Bonchev–Trinajstić information content (AvgIpc) is 2.95. The van der Waals surface area contributed by atoms with Crippen LogP contribution in [0.15, 0.2) is 0 Å². The molecular weight excluding hydrogens is 228 g/mol. The average molecular weight is 253 g/mol. The molecular formula is C15H25OS+. The predicted octanol–water partition coefficient (Wildman–Crippen LogP) is 3.32. The minimum atomic E-state index is 0.428. The van der Waals surface area contributed by atoms with Gasteiger partial charge < -0.3 is 0 Å². The Kier molecular flexibility index (Phi) is 3.52. The van der Waals surface area contributed by atoms with Crippen LogP contribution in [0.5, 0.6) is 0 Å². The third-order valence-corrected chi connectivity index (χ3v) is 8.51. The first-order valence-corrected chi connectivity index (χ1v) is 9.02. The maximum absolute atomic E-state index is 12.2. The zero-order chi connectivity index (χ0) is 11.8. The largest absolute Gasteiger partial charge is 0.294 e. The van der Waals surface area contributed by atoms with Crippen LogP contribution < -0.4 is 0 Å². The number of ketones is 1. The highest BCUT2D eigenvalue weighted by molar-refractivity contribution is 7.98. The highest BCUT2D eigenvalue weighted by Gasteiger charge is 2.52. The standard InChI is InChI=1S/C15H25OS/c1-2-17(14-6-4-3-5-13(14)16)15-10-11-7-8-12(15)9-11/h11-12,14-15H,2-10H2,1H3/q+1. The van der Waals surface area contributed by atoms with Gasteiger partial charge in [-0.15, -0.1) is 0 Å². The Morgan fingerprint density at radius 2 is 2.06 bits per heavy atom. The molecule has 1 nitrogen and oxygen atoms in total. The topological polar surface area (TPSA) is 17.1 Å². The van der Waals surface area contributed by atoms with E-state index in [1.807, 2.05) is 0 Å². The molecule has 3 fully saturated rings. The predicted molar refractivity (Wildman–Crippen MR) is 74.4 cm³/mol.